The monoisotopic (exact) mass is 401 g/mol. The Labute approximate surface area is 173 Å². The molecule has 1 amide bonds. The molecule has 4 aromatic rings. The second kappa shape index (κ2) is 7.05. The summed E-state index contributed by atoms with van der Waals surface area (Å²) in [6.45, 7) is 3.95. The van der Waals surface area contributed by atoms with E-state index in [1.807, 2.05) is 37.5 Å². The van der Waals surface area contributed by atoms with E-state index in [0.717, 1.165) is 45.9 Å². The van der Waals surface area contributed by atoms with Crippen molar-refractivity contribution in [3.63, 3.8) is 0 Å². The summed E-state index contributed by atoms with van der Waals surface area (Å²) in [7, 11) is 0. The molecular weight excluding hydrogens is 378 g/mol. The average Bonchev–Trinajstić information content (AvgIpc) is 3.15. The number of nitrogens with zero attached hydrogens (tertiary/aromatic N) is 4. The van der Waals surface area contributed by atoms with Crippen molar-refractivity contribution in [1.82, 2.24) is 30.5 Å². The van der Waals surface area contributed by atoms with E-state index in [1.165, 1.54) is 0 Å². The number of carbonyl (C=O) groups excluding carboxylic acids is 1. The summed E-state index contributed by atoms with van der Waals surface area (Å²) in [4.78, 5) is 24.1. The van der Waals surface area contributed by atoms with E-state index in [2.05, 4.69) is 48.8 Å². The minimum atomic E-state index is -0.144. The van der Waals surface area contributed by atoms with Crippen molar-refractivity contribution in [2.24, 2.45) is 0 Å². The number of H-pyrrole nitrogens is 1. The van der Waals surface area contributed by atoms with E-state index >= 15 is 0 Å². The summed E-state index contributed by atoms with van der Waals surface area (Å²) in [5, 5.41) is 16.5. The van der Waals surface area contributed by atoms with Gasteiger partial charge in [0.2, 0.25) is 11.9 Å². The summed E-state index contributed by atoms with van der Waals surface area (Å²) in [5.41, 5.74) is 3.64. The summed E-state index contributed by atoms with van der Waals surface area (Å²) in [6, 6.07) is 8.30. The van der Waals surface area contributed by atoms with Crippen LogP contribution in [0.4, 0.5) is 5.95 Å². The standard InChI is InChI=1S/C22H23N7O/c1-3-19(30)28-22(2)9-15(10-22)26-21-24-12-17-16(11-23-20(17)27-21)13-4-5-18-14(8-13)6-7-25-29-18/h4-8,11-12,15H,3,9-10H2,1-2H3,(H,28,30)(H2,23,24,26,27)/t15-,22+. The Morgan fingerprint density at radius 3 is 3.00 bits per heavy atom. The Kier molecular flexibility index (Phi) is 4.34. The fourth-order valence-corrected chi connectivity index (χ4v) is 4.21. The van der Waals surface area contributed by atoms with Crippen LogP contribution in [-0.2, 0) is 4.79 Å². The maximum absolute atomic E-state index is 11.7. The number of benzene rings is 1. The first kappa shape index (κ1) is 18.5. The third kappa shape index (κ3) is 3.34. The highest BCUT2D eigenvalue weighted by molar-refractivity contribution is 5.96. The summed E-state index contributed by atoms with van der Waals surface area (Å²) < 4.78 is 0. The van der Waals surface area contributed by atoms with Crippen molar-refractivity contribution in [2.75, 3.05) is 5.32 Å². The molecule has 1 fully saturated rings. The normalized spacial score (nSPS) is 20.8. The number of aromatic amines is 1. The fraction of sp³-hybridized carbons (Fsp3) is 0.318. The van der Waals surface area contributed by atoms with Gasteiger partial charge in [-0.25, -0.2) is 4.98 Å². The molecule has 0 saturated heterocycles. The molecule has 0 spiro atoms. The van der Waals surface area contributed by atoms with E-state index in [1.54, 1.807) is 6.20 Å². The van der Waals surface area contributed by atoms with Gasteiger partial charge in [-0.1, -0.05) is 13.0 Å². The number of fused-ring (bicyclic) bond motifs is 2. The lowest BCUT2D eigenvalue weighted by Crippen LogP contribution is -2.59. The molecule has 3 heterocycles. The number of anilines is 1. The van der Waals surface area contributed by atoms with Gasteiger partial charge in [0.15, 0.2) is 0 Å². The SMILES string of the molecule is CCC(=O)N[C@]1(C)C[C@H](Nc2ncc3c(-c4ccc5nnccc5c4)c[nH]c3n2)C1. The maximum atomic E-state index is 11.7. The van der Waals surface area contributed by atoms with Gasteiger partial charge in [-0.3, -0.25) is 4.79 Å². The molecule has 3 aromatic heterocycles. The van der Waals surface area contributed by atoms with Crippen molar-refractivity contribution < 1.29 is 4.79 Å². The van der Waals surface area contributed by atoms with Gasteiger partial charge in [0.25, 0.3) is 0 Å². The first-order valence-corrected chi connectivity index (χ1v) is 10.2. The Balaban J connectivity index is 1.34. The van der Waals surface area contributed by atoms with Crippen molar-refractivity contribution in [3.05, 3.63) is 42.9 Å². The Morgan fingerprint density at radius 2 is 2.17 bits per heavy atom. The number of amides is 1. The second-order valence-corrected chi connectivity index (χ2v) is 8.17. The fourth-order valence-electron chi connectivity index (χ4n) is 4.21. The van der Waals surface area contributed by atoms with Crippen LogP contribution in [0.15, 0.2) is 42.9 Å². The van der Waals surface area contributed by atoms with Crippen LogP contribution in [-0.4, -0.2) is 42.6 Å². The lowest BCUT2D eigenvalue weighted by atomic mass is 9.74. The topological polar surface area (TPSA) is 108 Å². The van der Waals surface area contributed by atoms with Gasteiger partial charge >= 0.3 is 0 Å². The molecule has 0 atom stereocenters. The zero-order valence-electron chi connectivity index (χ0n) is 16.9. The van der Waals surface area contributed by atoms with Gasteiger partial charge in [0.1, 0.15) is 5.65 Å². The number of carbonyl (C=O) groups is 1. The molecule has 8 nitrogen and oxygen atoms in total. The molecule has 0 unspecified atom stereocenters. The van der Waals surface area contributed by atoms with Gasteiger partial charge < -0.3 is 15.6 Å². The summed E-state index contributed by atoms with van der Waals surface area (Å²) >= 11 is 0. The van der Waals surface area contributed by atoms with Crippen molar-refractivity contribution in [2.45, 2.75) is 44.7 Å². The lowest BCUT2D eigenvalue weighted by molar-refractivity contribution is -0.123. The van der Waals surface area contributed by atoms with Crippen molar-refractivity contribution >= 4 is 33.8 Å². The maximum Gasteiger partial charge on any atom is 0.224 e. The van der Waals surface area contributed by atoms with Gasteiger partial charge in [0.05, 0.1) is 11.7 Å². The zero-order chi connectivity index (χ0) is 20.7. The average molecular weight is 401 g/mol. The largest absolute Gasteiger partial charge is 0.351 e. The first-order valence-electron chi connectivity index (χ1n) is 10.2. The molecule has 8 heteroatoms. The van der Waals surface area contributed by atoms with E-state index in [4.69, 9.17) is 0 Å². The highest BCUT2D eigenvalue weighted by Gasteiger charge is 2.41. The molecule has 152 valence electrons. The van der Waals surface area contributed by atoms with E-state index < -0.39 is 0 Å². The minimum absolute atomic E-state index is 0.0910. The molecule has 1 saturated carbocycles. The third-order valence-electron chi connectivity index (χ3n) is 5.75. The smallest absolute Gasteiger partial charge is 0.224 e. The van der Waals surface area contributed by atoms with Crippen LogP contribution in [0, 0.1) is 0 Å². The number of hydrogen-bond acceptors (Lipinski definition) is 6. The molecule has 5 rings (SSSR count). The number of hydrogen-bond donors (Lipinski definition) is 3. The number of nitrogens with one attached hydrogen (secondary N) is 3. The molecule has 1 aromatic carbocycles. The zero-order valence-corrected chi connectivity index (χ0v) is 16.9. The number of rotatable bonds is 5. The predicted octanol–water partition coefficient (Wildman–Crippen LogP) is 3.43. The molecule has 1 aliphatic carbocycles. The van der Waals surface area contributed by atoms with E-state index in [0.29, 0.717) is 12.4 Å². The van der Waals surface area contributed by atoms with Crippen LogP contribution in [0.25, 0.3) is 33.1 Å². The van der Waals surface area contributed by atoms with Gasteiger partial charge in [-0.15, -0.1) is 0 Å². The molecule has 30 heavy (non-hydrogen) atoms. The van der Waals surface area contributed by atoms with Gasteiger partial charge in [0, 0.05) is 46.7 Å². The summed E-state index contributed by atoms with van der Waals surface area (Å²) in [5.74, 6) is 0.687. The molecule has 0 bridgehead atoms. The molecule has 0 radical (unpaired) electrons. The van der Waals surface area contributed by atoms with Gasteiger partial charge in [-0.2, -0.15) is 15.2 Å². The second-order valence-electron chi connectivity index (χ2n) is 8.17. The van der Waals surface area contributed by atoms with Crippen molar-refractivity contribution in [3.8, 4) is 11.1 Å². The summed E-state index contributed by atoms with van der Waals surface area (Å²) in [6.07, 6.45) is 7.72. The van der Waals surface area contributed by atoms with Crippen LogP contribution in [0.1, 0.15) is 33.1 Å². The van der Waals surface area contributed by atoms with Crippen LogP contribution in [0.3, 0.4) is 0 Å². The number of aromatic nitrogens is 5. The molecular formula is C22H23N7O. The van der Waals surface area contributed by atoms with E-state index in [-0.39, 0.29) is 17.5 Å². The predicted molar refractivity (Wildman–Crippen MR) is 116 cm³/mol. The third-order valence-corrected chi connectivity index (χ3v) is 5.75. The molecule has 1 aliphatic rings. The molecule has 3 N–H and O–H groups in total. The molecule has 0 aliphatic heterocycles. The quantitative estimate of drug-likeness (QED) is 0.473. The lowest BCUT2D eigenvalue weighted by Gasteiger charge is -2.45. The Morgan fingerprint density at radius 1 is 1.30 bits per heavy atom. The minimum Gasteiger partial charge on any atom is -0.351 e. The van der Waals surface area contributed by atoms with Crippen LogP contribution < -0.4 is 10.6 Å². The van der Waals surface area contributed by atoms with Gasteiger partial charge in [-0.05, 0) is 43.5 Å². The van der Waals surface area contributed by atoms with Crippen LogP contribution in [0.2, 0.25) is 0 Å². The van der Waals surface area contributed by atoms with E-state index in [9.17, 15) is 4.79 Å². The highest BCUT2D eigenvalue weighted by Crippen LogP contribution is 2.34. The Hall–Kier alpha value is -3.55. The van der Waals surface area contributed by atoms with Crippen LogP contribution in [0.5, 0.6) is 0 Å². The van der Waals surface area contributed by atoms with Crippen LogP contribution >= 0.6 is 0 Å². The first-order chi connectivity index (χ1) is 14.5. The Bertz CT molecular complexity index is 1240. The highest BCUT2D eigenvalue weighted by atomic mass is 16.1. The van der Waals surface area contributed by atoms with Crippen molar-refractivity contribution in [1.29, 1.82) is 0 Å².